The number of thiocarbonyl (C=S) groups is 1. The second-order valence-electron chi connectivity index (χ2n) is 7.21. The van der Waals surface area contributed by atoms with Crippen LogP contribution in [-0.4, -0.2) is 23.2 Å². The van der Waals surface area contributed by atoms with Crippen molar-refractivity contribution in [2.75, 3.05) is 6.61 Å². The SMILES string of the molecule is CC(=O)Cc1cc(CC2(C(=O)OCC(C)=S)CCCCC2)c(Cl)cc1F. The Balaban J connectivity index is 2.31. The molecule has 2 rings (SSSR count). The zero-order valence-electron chi connectivity index (χ0n) is 15.2. The van der Waals surface area contributed by atoms with Crippen molar-refractivity contribution >= 4 is 40.4 Å². The molecule has 0 atom stereocenters. The minimum atomic E-state index is -0.669. The molecule has 1 aliphatic carbocycles. The zero-order chi connectivity index (χ0) is 19.3. The summed E-state index contributed by atoms with van der Waals surface area (Å²) in [5, 5.41) is 0.276. The second-order valence-corrected chi connectivity index (χ2v) is 8.31. The van der Waals surface area contributed by atoms with Gasteiger partial charge in [-0.1, -0.05) is 49.1 Å². The molecule has 0 aromatic heterocycles. The Morgan fingerprint density at radius 1 is 1.19 bits per heavy atom. The number of ether oxygens (including phenoxy) is 1. The van der Waals surface area contributed by atoms with Gasteiger partial charge < -0.3 is 4.74 Å². The van der Waals surface area contributed by atoms with Crippen LogP contribution in [0.15, 0.2) is 12.1 Å². The van der Waals surface area contributed by atoms with E-state index in [9.17, 15) is 14.0 Å². The minimum absolute atomic E-state index is 0.0115. The van der Waals surface area contributed by atoms with Gasteiger partial charge in [0.15, 0.2) is 0 Å². The van der Waals surface area contributed by atoms with Crippen molar-refractivity contribution in [2.45, 2.75) is 58.8 Å². The highest BCUT2D eigenvalue weighted by atomic mass is 35.5. The van der Waals surface area contributed by atoms with Gasteiger partial charge in [0.05, 0.1) is 5.41 Å². The molecule has 6 heteroatoms. The van der Waals surface area contributed by atoms with Crippen molar-refractivity contribution in [2.24, 2.45) is 5.41 Å². The molecule has 1 fully saturated rings. The van der Waals surface area contributed by atoms with Gasteiger partial charge in [-0.15, -0.1) is 0 Å². The standard InChI is InChI=1S/C20H24ClFO3S/c1-13(23)8-15-9-16(17(21)10-18(15)22)11-20(6-4-3-5-7-20)19(24)25-12-14(2)26/h9-10H,3-8,11-12H2,1-2H3. The summed E-state index contributed by atoms with van der Waals surface area (Å²) in [5.41, 5.74) is 0.325. The van der Waals surface area contributed by atoms with Gasteiger partial charge in [0, 0.05) is 16.3 Å². The molecule has 1 aliphatic rings. The number of Topliss-reactive ketones (excluding diaryl/α,β-unsaturated/α-hetero) is 1. The molecule has 0 heterocycles. The molecule has 3 nitrogen and oxygen atoms in total. The maximum absolute atomic E-state index is 14.1. The molecule has 1 aromatic rings. The number of esters is 1. The summed E-state index contributed by atoms with van der Waals surface area (Å²) >= 11 is 11.3. The van der Waals surface area contributed by atoms with Gasteiger partial charge in [0.25, 0.3) is 0 Å². The van der Waals surface area contributed by atoms with E-state index < -0.39 is 11.2 Å². The van der Waals surface area contributed by atoms with E-state index in [1.807, 2.05) is 0 Å². The van der Waals surface area contributed by atoms with Gasteiger partial charge in [-0.05, 0) is 50.3 Å². The molecular weight excluding hydrogens is 375 g/mol. The summed E-state index contributed by atoms with van der Waals surface area (Å²) in [6, 6.07) is 2.85. The molecular formula is C20H24ClFO3S. The van der Waals surface area contributed by atoms with Crippen LogP contribution in [0, 0.1) is 11.2 Å². The van der Waals surface area contributed by atoms with Crippen molar-refractivity contribution in [3.63, 3.8) is 0 Å². The van der Waals surface area contributed by atoms with E-state index in [-0.39, 0.29) is 29.8 Å². The predicted molar refractivity (Wildman–Crippen MR) is 104 cm³/mol. The van der Waals surface area contributed by atoms with E-state index in [2.05, 4.69) is 0 Å². The van der Waals surface area contributed by atoms with Crippen molar-refractivity contribution < 1.29 is 18.7 Å². The molecule has 0 radical (unpaired) electrons. The van der Waals surface area contributed by atoms with Crippen LogP contribution in [0.5, 0.6) is 0 Å². The van der Waals surface area contributed by atoms with Gasteiger partial charge in [-0.25, -0.2) is 4.39 Å². The Kier molecular flexibility index (Phi) is 7.30. The summed E-state index contributed by atoms with van der Waals surface area (Å²) in [6.07, 6.45) is 4.75. The summed E-state index contributed by atoms with van der Waals surface area (Å²) in [5.74, 6) is -0.888. The van der Waals surface area contributed by atoms with Crippen LogP contribution in [0.2, 0.25) is 5.02 Å². The first kappa shape index (κ1) is 21.0. The number of hydrogen-bond acceptors (Lipinski definition) is 4. The van der Waals surface area contributed by atoms with E-state index in [0.29, 0.717) is 35.3 Å². The molecule has 0 spiro atoms. The molecule has 0 bridgehead atoms. The molecule has 1 saturated carbocycles. The largest absolute Gasteiger partial charge is 0.460 e. The Morgan fingerprint density at radius 3 is 2.42 bits per heavy atom. The number of rotatable bonds is 7. The van der Waals surface area contributed by atoms with E-state index in [4.69, 9.17) is 28.6 Å². The summed E-state index contributed by atoms with van der Waals surface area (Å²) < 4.78 is 19.5. The van der Waals surface area contributed by atoms with Crippen LogP contribution < -0.4 is 0 Å². The topological polar surface area (TPSA) is 43.4 Å². The Hall–Kier alpha value is -1.33. The smallest absolute Gasteiger partial charge is 0.312 e. The Morgan fingerprint density at radius 2 is 1.85 bits per heavy atom. The molecule has 0 aliphatic heterocycles. The molecule has 142 valence electrons. The van der Waals surface area contributed by atoms with Crippen molar-refractivity contribution in [1.82, 2.24) is 0 Å². The fraction of sp³-hybridized carbons (Fsp3) is 0.550. The molecule has 0 N–H and O–H groups in total. The lowest BCUT2D eigenvalue weighted by atomic mass is 9.70. The first-order chi connectivity index (χ1) is 12.2. The second kappa shape index (κ2) is 9.05. The van der Waals surface area contributed by atoms with Gasteiger partial charge in [-0.3, -0.25) is 9.59 Å². The third-order valence-electron chi connectivity index (χ3n) is 4.83. The summed E-state index contributed by atoms with van der Waals surface area (Å²) in [6.45, 7) is 3.28. The molecule has 1 aromatic carbocycles. The van der Waals surface area contributed by atoms with Crippen molar-refractivity contribution in [3.8, 4) is 0 Å². The van der Waals surface area contributed by atoms with Gasteiger partial charge in [-0.2, -0.15) is 0 Å². The quantitative estimate of drug-likeness (QED) is 0.477. The number of benzene rings is 1. The van der Waals surface area contributed by atoms with Crippen LogP contribution in [0.1, 0.15) is 57.1 Å². The number of halogens is 2. The fourth-order valence-corrected chi connectivity index (χ4v) is 3.83. The minimum Gasteiger partial charge on any atom is -0.460 e. The van der Waals surface area contributed by atoms with E-state index in [1.165, 1.54) is 13.0 Å². The van der Waals surface area contributed by atoms with Gasteiger partial charge >= 0.3 is 5.97 Å². The summed E-state index contributed by atoms with van der Waals surface area (Å²) in [7, 11) is 0. The normalized spacial score (nSPS) is 16.2. The van der Waals surface area contributed by atoms with Crippen LogP contribution in [0.25, 0.3) is 0 Å². The number of hydrogen-bond donors (Lipinski definition) is 0. The van der Waals surface area contributed by atoms with E-state index in [0.717, 1.165) is 19.3 Å². The monoisotopic (exact) mass is 398 g/mol. The maximum Gasteiger partial charge on any atom is 0.312 e. The molecule has 0 unspecified atom stereocenters. The van der Waals surface area contributed by atoms with Gasteiger partial charge in [0.2, 0.25) is 0 Å². The average Bonchev–Trinajstić information content (AvgIpc) is 2.57. The Bertz CT molecular complexity index is 711. The lowest BCUT2D eigenvalue weighted by Crippen LogP contribution is -2.38. The van der Waals surface area contributed by atoms with Crippen LogP contribution in [0.3, 0.4) is 0 Å². The number of carbonyl (C=O) groups excluding carboxylic acids is 2. The first-order valence-corrected chi connectivity index (χ1v) is 9.65. The Labute approximate surface area is 164 Å². The summed E-state index contributed by atoms with van der Waals surface area (Å²) in [4.78, 5) is 24.8. The molecule has 26 heavy (non-hydrogen) atoms. The lowest BCUT2D eigenvalue weighted by molar-refractivity contribution is -0.156. The third kappa shape index (κ3) is 5.34. The van der Waals surface area contributed by atoms with Gasteiger partial charge in [0.1, 0.15) is 18.2 Å². The van der Waals surface area contributed by atoms with Crippen LogP contribution >= 0.6 is 23.8 Å². The molecule has 0 saturated heterocycles. The molecule has 0 amide bonds. The highest BCUT2D eigenvalue weighted by Crippen LogP contribution is 2.42. The van der Waals surface area contributed by atoms with Crippen LogP contribution in [0.4, 0.5) is 4.39 Å². The maximum atomic E-state index is 14.1. The number of ketones is 1. The fourth-order valence-electron chi connectivity index (χ4n) is 3.55. The lowest BCUT2D eigenvalue weighted by Gasteiger charge is -2.35. The predicted octanol–water partition coefficient (Wildman–Crippen LogP) is 5.04. The van der Waals surface area contributed by atoms with E-state index >= 15 is 0 Å². The average molecular weight is 399 g/mol. The van der Waals surface area contributed by atoms with Crippen molar-refractivity contribution in [3.05, 3.63) is 34.1 Å². The van der Waals surface area contributed by atoms with Crippen LogP contribution in [-0.2, 0) is 27.2 Å². The highest BCUT2D eigenvalue weighted by molar-refractivity contribution is 7.80. The first-order valence-electron chi connectivity index (χ1n) is 8.86. The zero-order valence-corrected chi connectivity index (χ0v) is 16.8. The third-order valence-corrected chi connectivity index (χ3v) is 5.30. The van der Waals surface area contributed by atoms with E-state index in [1.54, 1.807) is 13.0 Å². The highest BCUT2D eigenvalue weighted by Gasteiger charge is 2.41. The van der Waals surface area contributed by atoms with Crippen molar-refractivity contribution in [1.29, 1.82) is 0 Å². The number of carbonyl (C=O) groups is 2.